The number of likely N-dealkylation sites (tertiary alicyclic amines) is 1. The summed E-state index contributed by atoms with van der Waals surface area (Å²) in [7, 11) is 3.27. The van der Waals surface area contributed by atoms with E-state index in [4.69, 9.17) is 9.47 Å². The Morgan fingerprint density at radius 3 is 2.30 bits per heavy atom. The van der Waals surface area contributed by atoms with Crippen LogP contribution in [0.3, 0.4) is 0 Å². The predicted octanol–water partition coefficient (Wildman–Crippen LogP) is 5.08. The third-order valence-corrected chi connectivity index (χ3v) is 9.43. The Bertz CT molecular complexity index is 1210. The van der Waals surface area contributed by atoms with E-state index in [-0.39, 0.29) is 17.9 Å². The minimum atomic E-state index is -1.01. The second-order valence-electron chi connectivity index (χ2n) is 12.8. The zero-order chi connectivity index (χ0) is 28.4. The van der Waals surface area contributed by atoms with Gasteiger partial charge in [-0.1, -0.05) is 39.5 Å². The molecule has 0 bridgehead atoms. The van der Waals surface area contributed by atoms with Crippen molar-refractivity contribution in [3.8, 4) is 11.5 Å². The molecule has 3 heterocycles. The van der Waals surface area contributed by atoms with Gasteiger partial charge in [0.2, 0.25) is 5.91 Å². The fraction of sp³-hybridized carbons (Fsp3) is 0.688. The summed E-state index contributed by atoms with van der Waals surface area (Å²) in [6, 6.07) is 5.81. The van der Waals surface area contributed by atoms with Crippen molar-refractivity contribution < 1.29 is 19.1 Å². The number of rotatable bonds is 8. The summed E-state index contributed by atoms with van der Waals surface area (Å²) in [5.41, 5.74) is 0.367. The van der Waals surface area contributed by atoms with Gasteiger partial charge in [0, 0.05) is 31.1 Å². The minimum absolute atomic E-state index is 0.0534. The minimum Gasteiger partial charge on any atom is -0.496 e. The van der Waals surface area contributed by atoms with Crippen LogP contribution in [0.25, 0.3) is 10.9 Å². The maximum absolute atomic E-state index is 14.3. The quantitative estimate of drug-likeness (QED) is 0.463. The van der Waals surface area contributed by atoms with Gasteiger partial charge in [0.1, 0.15) is 22.7 Å². The average Bonchev–Trinajstić information content (AvgIpc) is 3.11. The lowest BCUT2D eigenvalue weighted by Crippen LogP contribution is -2.65. The molecule has 2 aliphatic heterocycles. The number of aromatic nitrogens is 1. The molecule has 8 heteroatoms. The van der Waals surface area contributed by atoms with Crippen molar-refractivity contribution in [2.24, 2.45) is 11.8 Å². The number of nitrogens with one attached hydrogen (secondary N) is 1. The van der Waals surface area contributed by atoms with Crippen LogP contribution < -0.4 is 14.8 Å². The van der Waals surface area contributed by atoms with E-state index in [1.165, 1.54) is 19.3 Å². The molecule has 2 amide bonds. The van der Waals surface area contributed by atoms with Crippen LogP contribution >= 0.6 is 0 Å². The third kappa shape index (κ3) is 5.56. The summed E-state index contributed by atoms with van der Waals surface area (Å²) in [4.78, 5) is 32.8. The molecule has 220 valence electrons. The van der Waals surface area contributed by atoms with Gasteiger partial charge in [-0.3, -0.25) is 9.59 Å². The fourth-order valence-corrected chi connectivity index (χ4v) is 7.50. The van der Waals surface area contributed by atoms with Gasteiger partial charge in [0.15, 0.2) is 0 Å². The first kappa shape index (κ1) is 28.8. The van der Waals surface area contributed by atoms with E-state index in [1.807, 2.05) is 34.6 Å². The topological polar surface area (TPSA) is 76.0 Å². The molecule has 3 aliphatic rings. The number of piperidine rings is 1. The molecular formula is C32H48N4O4. The smallest absolute Gasteiger partial charge is 0.271 e. The van der Waals surface area contributed by atoms with Gasteiger partial charge in [-0.2, -0.15) is 0 Å². The van der Waals surface area contributed by atoms with E-state index in [1.54, 1.807) is 14.2 Å². The van der Waals surface area contributed by atoms with Crippen LogP contribution in [0.5, 0.6) is 11.5 Å². The molecule has 1 saturated carbocycles. The highest BCUT2D eigenvalue weighted by Crippen LogP contribution is 2.40. The Morgan fingerprint density at radius 2 is 1.65 bits per heavy atom. The van der Waals surface area contributed by atoms with Gasteiger partial charge in [-0.25, -0.2) is 0 Å². The molecule has 1 saturated heterocycles. The van der Waals surface area contributed by atoms with E-state index in [2.05, 4.69) is 24.1 Å². The number of nitrogens with zero attached hydrogens (tertiary/aromatic N) is 3. The van der Waals surface area contributed by atoms with Gasteiger partial charge in [0.05, 0.1) is 26.3 Å². The van der Waals surface area contributed by atoms with Gasteiger partial charge in [-0.15, -0.1) is 0 Å². The van der Waals surface area contributed by atoms with Crippen molar-refractivity contribution in [2.75, 3.05) is 40.4 Å². The van der Waals surface area contributed by atoms with Crippen LogP contribution in [0.2, 0.25) is 0 Å². The predicted molar refractivity (Wildman–Crippen MR) is 158 cm³/mol. The summed E-state index contributed by atoms with van der Waals surface area (Å²) >= 11 is 0. The second kappa shape index (κ2) is 12.0. The fourth-order valence-electron chi connectivity index (χ4n) is 7.50. The first-order valence-electron chi connectivity index (χ1n) is 15.3. The Hall–Kier alpha value is -2.74. The Labute approximate surface area is 239 Å². The summed E-state index contributed by atoms with van der Waals surface area (Å²) < 4.78 is 13.4. The molecule has 0 unspecified atom stereocenters. The van der Waals surface area contributed by atoms with E-state index < -0.39 is 5.54 Å². The number of carbonyl (C=O) groups excluding carboxylic acids is 2. The molecule has 1 aromatic heterocycles. The number of hydrogen-bond donors (Lipinski definition) is 1. The van der Waals surface area contributed by atoms with Crippen LogP contribution in [0.1, 0.15) is 82.6 Å². The molecule has 2 fully saturated rings. The maximum Gasteiger partial charge on any atom is 0.271 e. The zero-order valence-electron chi connectivity index (χ0n) is 25.1. The molecule has 1 aliphatic carbocycles. The van der Waals surface area contributed by atoms with Gasteiger partial charge in [0.25, 0.3) is 5.91 Å². The Kier molecular flexibility index (Phi) is 8.64. The monoisotopic (exact) mass is 552 g/mol. The van der Waals surface area contributed by atoms with E-state index in [0.29, 0.717) is 42.1 Å². The number of amides is 2. The van der Waals surface area contributed by atoms with Gasteiger partial charge in [-0.05, 0) is 69.2 Å². The maximum atomic E-state index is 14.3. The van der Waals surface area contributed by atoms with Crippen molar-refractivity contribution >= 4 is 22.7 Å². The van der Waals surface area contributed by atoms with E-state index in [9.17, 15) is 9.59 Å². The molecule has 0 spiro atoms. The highest BCUT2D eigenvalue weighted by Gasteiger charge is 2.48. The molecule has 1 N–H and O–H groups in total. The molecule has 8 nitrogen and oxygen atoms in total. The Morgan fingerprint density at radius 1 is 1.00 bits per heavy atom. The van der Waals surface area contributed by atoms with Crippen LogP contribution in [0.15, 0.2) is 18.2 Å². The van der Waals surface area contributed by atoms with Crippen molar-refractivity contribution in [1.29, 1.82) is 0 Å². The second-order valence-corrected chi connectivity index (χ2v) is 12.8. The molecular weight excluding hydrogens is 504 g/mol. The number of benzene rings is 1. The summed E-state index contributed by atoms with van der Waals surface area (Å²) in [5.74, 6) is 2.58. The van der Waals surface area contributed by atoms with E-state index in [0.717, 1.165) is 62.6 Å². The number of ether oxygens (including phenoxy) is 2. The standard InChI is InChI=1S/C32H48N4O4/c1-22-17-23(2)20-34(19-22)15-10-16-36-30(37)26-18-25-27(39-4)13-14-28(40-5)29(25)35(26)21-32(36,3)31(38)33-24-11-8-6-7-9-12-24/h13-14,18,22-24H,6-12,15-17,19-21H2,1-5H3,(H,33,38)/t22-,23-,32-/m1/s1. The first-order valence-corrected chi connectivity index (χ1v) is 15.3. The van der Waals surface area contributed by atoms with Crippen molar-refractivity contribution in [3.63, 3.8) is 0 Å². The molecule has 5 rings (SSSR count). The van der Waals surface area contributed by atoms with Crippen LogP contribution in [0, 0.1) is 11.8 Å². The number of hydrogen-bond acceptors (Lipinski definition) is 5. The SMILES string of the molecule is COc1ccc(OC)c2c1cc1n2C[C@](C)(C(=O)NC2CCCCCC2)N(CCCN2C[C@H](C)C[C@@H](C)C2)C1=O. The lowest BCUT2D eigenvalue weighted by atomic mass is 9.91. The summed E-state index contributed by atoms with van der Waals surface area (Å²) in [6.45, 7) is 10.7. The molecule has 40 heavy (non-hydrogen) atoms. The first-order chi connectivity index (χ1) is 19.2. The average molecular weight is 553 g/mol. The van der Waals surface area contributed by atoms with E-state index >= 15 is 0 Å². The van der Waals surface area contributed by atoms with Crippen molar-refractivity contribution in [3.05, 3.63) is 23.9 Å². The number of methoxy groups -OCH3 is 2. The molecule has 1 aromatic carbocycles. The van der Waals surface area contributed by atoms with Crippen LogP contribution in [0.4, 0.5) is 0 Å². The van der Waals surface area contributed by atoms with Crippen molar-refractivity contribution in [2.45, 2.75) is 90.3 Å². The van der Waals surface area contributed by atoms with Crippen molar-refractivity contribution in [1.82, 2.24) is 19.7 Å². The lowest BCUT2D eigenvalue weighted by Gasteiger charge is -2.45. The largest absolute Gasteiger partial charge is 0.496 e. The summed E-state index contributed by atoms with van der Waals surface area (Å²) in [5, 5.41) is 4.21. The van der Waals surface area contributed by atoms with Crippen LogP contribution in [-0.4, -0.2) is 78.2 Å². The summed E-state index contributed by atoms with van der Waals surface area (Å²) in [6.07, 6.45) is 8.85. The highest BCUT2D eigenvalue weighted by molar-refractivity contribution is 6.05. The third-order valence-electron chi connectivity index (χ3n) is 9.43. The number of carbonyl (C=O) groups is 2. The Balaban J connectivity index is 1.46. The van der Waals surface area contributed by atoms with Gasteiger partial charge >= 0.3 is 0 Å². The number of fused-ring (bicyclic) bond motifs is 3. The lowest BCUT2D eigenvalue weighted by molar-refractivity contribution is -0.133. The molecule has 2 aromatic rings. The zero-order valence-corrected chi connectivity index (χ0v) is 25.1. The normalized spacial score (nSPS) is 26.4. The van der Waals surface area contributed by atoms with Crippen LogP contribution in [-0.2, 0) is 11.3 Å². The molecule has 3 atom stereocenters. The van der Waals surface area contributed by atoms with Gasteiger partial charge < -0.3 is 29.2 Å². The molecule has 0 radical (unpaired) electrons. The highest BCUT2D eigenvalue weighted by atomic mass is 16.5.